The summed E-state index contributed by atoms with van der Waals surface area (Å²) in [6.45, 7) is 2.52. The number of hydrogen-bond donors (Lipinski definition) is 2. The first-order valence-corrected chi connectivity index (χ1v) is 7.35. The molecule has 2 aliphatic heterocycles. The van der Waals surface area contributed by atoms with Gasteiger partial charge in [-0.15, -0.1) is 0 Å². The van der Waals surface area contributed by atoms with E-state index in [9.17, 15) is 0 Å². The molecule has 4 rings (SSSR count). The Morgan fingerprint density at radius 1 is 1.16 bits per heavy atom. The number of nitrogens with zero attached hydrogens (tertiary/aromatic N) is 2. The number of aromatic amines is 1. The van der Waals surface area contributed by atoms with E-state index in [1.54, 1.807) is 0 Å². The third-order valence-corrected chi connectivity index (χ3v) is 4.57. The topological polar surface area (TPSA) is 44.0 Å². The number of anilines is 1. The van der Waals surface area contributed by atoms with E-state index in [0.717, 1.165) is 17.0 Å². The molecule has 3 heterocycles. The Labute approximate surface area is 113 Å². The van der Waals surface area contributed by atoms with Crippen molar-refractivity contribution >= 4 is 17.0 Å². The van der Waals surface area contributed by atoms with Crippen molar-refractivity contribution in [1.29, 1.82) is 0 Å². The summed E-state index contributed by atoms with van der Waals surface area (Å²) in [5.74, 6) is 0.929. The van der Waals surface area contributed by atoms with Crippen LogP contribution >= 0.6 is 0 Å². The third-order valence-electron chi connectivity index (χ3n) is 4.57. The van der Waals surface area contributed by atoms with Crippen LogP contribution in [0.25, 0.3) is 11.0 Å². The lowest BCUT2D eigenvalue weighted by molar-refractivity contribution is 0.192. The number of fused-ring (bicyclic) bond motifs is 2. The number of H-pyrrole nitrogens is 1. The maximum atomic E-state index is 4.63. The average molecular weight is 256 g/mol. The van der Waals surface area contributed by atoms with Gasteiger partial charge in [-0.1, -0.05) is 18.6 Å². The van der Waals surface area contributed by atoms with Crippen molar-refractivity contribution in [3.63, 3.8) is 0 Å². The zero-order chi connectivity index (χ0) is 12.7. The van der Waals surface area contributed by atoms with Gasteiger partial charge >= 0.3 is 0 Å². The van der Waals surface area contributed by atoms with Crippen LogP contribution in [0.5, 0.6) is 0 Å². The number of aromatic nitrogens is 2. The van der Waals surface area contributed by atoms with Crippen LogP contribution in [0.2, 0.25) is 0 Å². The van der Waals surface area contributed by atoms with Crippen LogP contribution in [0, 0.1) is 0 Å². The fraction of sp³-hybridized carbons (Fsp3) is 0.533. The lowest BCUT2D eigenvalue weighted by Gasteiger charge is -2.32. The molecule has 2 unspecified atom stereocenters. The molecule has 0 amide bonds. The summed E-state index contributed by atoms with van der Waals surface area (Å²) in [6, 6.07) is 9.48. The smallest absolute Gasteiger partial charge is 0.201 e. The predicted molar refractivity (Wildman–Crippen MR) is 77.3 cm³/mol. The van der Waals surface area contributed by atoms with Gasteiger partial charge in [-0.3, -0.25) is 4.90 Å². The van der Waals surface area contributed by atoms with E-state index in [4.69, 9.17) is 0 Å². The normalized spacial score (nSPS) is 27.6. The summed E-state index contributed by atoms with van der Waals surface area (Å²) in [7, 11) is 0. The van der Waals surface area contributed by atoms with Crippen LogP contribution < -0.4 is 5.32 Å². The lowest BCUT2D eigenvalue weighted by atomic mass is 9.99. The number of hydrogen-bond acceptors (Lipinski definition) is 3. The highest BCUT2D eigenvalue weighted by Crippen LogP contribution is 2.29. The molecule has 2 N–H and O–H groups in total. The molecule has 0 spiro atoms. The summed E-state index contributed by atoms with van der Waals surface area (Å²) >= 11 is 0. The van der Waals surface area contributed by atoms with Gasteiger partial charge in [-0.05, 0) is 37.9 Å². The van der Waals surface area contributed by atoms with E-state index in [1.165, 1.54) is 38.8 Å². The molecule has 2 atom stereocenters. The van der Waals surface area contributed by atoms with Crippen LogP contribution in [0.1, 0.15) is 25.7 Å². The summed E-state index contributed by atoms with van der Waals surface area (Å²) in [5, 5.41) is 3.62. The SMILES string of the molecule is c1ccc2[nH]c(NC3CCN4CCCCC34)nc2c1. The molecule has 2 saturated heterocycles. The Morgan fingerprint density at radius 2 is 2.11 bits per heavy atom. The molecule has 2 fully saturated rings. The van der Waals surface area contributed by atoms with Gasteiger partial charge in [-0.25, -0.2) is 4.98 Å². The van der Waals surface area contributed by atoms with Gasteiger partial charge < -0.3 is 10.3 Å². The fourth-order valence-corrected chi connectivity index (χ4v) is 3.61. The maximum absolute atomic E-state index is 4.63. The monoisotopic (exact) mass is 256 g/mol. The van der Waals surface area contributed by atoms with Crippen molar-refractivity contribution in [3.8, 4) is 0 Å². The van der Waals surface area contributed by atoms with E-state index < -0.39 is 0 Å². The highest BCUT2D eigenvalue weighted by atomic mass is 15.3. The Kier molecular flexibility index (Phi) is 2.69. The molecule has 2 aromatic rings. The molecule has 4 heteroatoms. The molecule has 0 radical (unpaired) electrons. The molecule has 4 nitrogen and oxygen atoms in total. The van der Waals surface area contributed by atoms with Gasteiger partial charge in [0, 0.05) is 18.6 Å². The van der Waals surface area contributed by atoms with Crippen LogP contribution in [-0.2, 0) is 0 Å². The van der Waals surface area contributed by atoms with Gasteiger partial charge in [0.15, 0.2) is 0 Å². The maximum Gasteiger partial charge on any atom is 0.201 e. The summed E-state index contributed by atoms with van der Waals surface area (Å²) < 4.78 is 0. The molecule has 2 aliphatic rings. The van der Waals surface area contributed by atoms with Crippen molar-refractivity contribution in [3.05, 3.63) is 24.3 Å². The molecule has 100 valence electrons. The fourth-order valence-electron chi connectivity index (χ4n) is 3.61. The van der Waals surface area contributed by atoms with E-state index in [2.05, 4.69) is 32.3 Å². The Hall–Kier alpha value is -1.55. The highest BCUT2D eigenvalue weighted by molar-refractivity contribution is 5.77. The summed E-state index contributed by atoms with van der Waals surface area (Å²) in [5.41, 5.74) is 2.16. The summed E-state index contributed by atoms with van der Waals surface area (Å²) in [6.07, 6.45) is 5.31. The number of benzene rings is 1. The molecule has 0 bridgehead atoms. The standard InChI is InChI=1S/C15H20N4/c1-2-6-12-11(5-1)16-15(17-12)18-13-8-10-19-9-4-3-7-14(13)19/h1-2,5-6,13-14H,3-4,7-10H2,(H2,16,17,18). The van der Waals surface area contributed by atoms with Gasteiger partial charge in [0.25, 0.3) is 0 Å². The van der Waals surface area contributed by atoms with Crippen molar-refractivity contribution in [2.75, 3.05) is 18.4 Å². The van der Waals surface area contributed by atoms with E-state index in [1.807, 2.05) is 12.1 Å². The van der Waals surface area contributed by atoms with Crippen LogP contribution in [-0.4, -0.2) is 40.0 Å². The van der Waals surface area contributed by atoms with Gasteiger partial charge in [-0.2, -0.15) is 0 Å². The minimum absolute atomic E-state index is 0.556. The van der Waals surface area contributed by atoms with Gasteiger partial charge in [0.2, 0.25) is 5.95 Å². The summed E-state index contributed by atoms with van der Waals surface area (Å²) in [4.78, 5) is 10.6. The number of piperidine rings is 1. The van der Waals surface area contributed by atoms with Crippen LogP contribution in [0.3, 0.4) is 0 Å². The predicted octanol–water partition coefficient (Wildman–Crippen LogP) is 2.60. The van der Waals surface area contributed by atoms with Crippen LogP contribution in [0.4, 0.5) is 5.95 Å². The number of nitrogens with one attached hydrogen (secondary N) is 2. The molecule has 0 saturated carbocycles. The van der Waals surface area contributed by atoms with E-state index in [0.29, 0.717) is 12.1 Å². The molecule has 1 aromatic carbocycles. The van der Waals surface area contributed by atoms with E-state index in [-0.39, 0.29) is 0 Å². The van der Waals surface area contributed by atoms with Gasteiger partial charge in [0.05, 0.1) is 11.0 Å². The number of rotatable bonds is 2. The first kappa shape index (κ1) is 11.3. The van der Waals surface area contributed by atoms with Crippen molar-refractivity contribution in [1.82, 2.24) is 14.9 Å². The zero-order valence-electron chi connectivity index (χ0n) is 11.1. The number of para-hydroxylation sites is 2. The third kappa shape index (κ3) is 2.00. The quantitative estimate of drug-likeness (QED) is 0.868. The van der Waals surface area contributed by atoms with Gasteiger partial charge in [0.1, 0.15) is 0 Å². The Morgan fingerprint density at radius 3 is 3.05 bits per heavy atom. The van der Waals surface area contributed by atoms with Crippen molar-refractivity contribution in [2.24, 2.45) is 0 Å². The first-order chi connectivity index (χ1) is 9.40. The molecule has 1 aromatic heterocycles. The molecule has 0 aliphatic carbocycles. The minimum atomic E-state index is 0.556. The second kappa shape index (κ2) is 4.53. The van der Waals surface area contributed by atoms with Crippen molar-refractivity contribution in [2.45, 2.75) is 37.8 Å². The first-order valence-electron chi connectivity index (χ1n) is 7.35. The second-order valence-corrected chi connectivity index (χ2v) is 5.74. The van der Waals surface area contributed by atoms with E-state index >= 15 is 0 Å². The average Bonchev–Trinajstić information content (AvgIpc) is 3.03. The largest absolute Gasteiger partial charge is 0.351 e. The molecule has 19 heavy (non-hydrogen) atoms. The Bertz CT molecular complexity index is 543. The number of imidazole rings is 1. The highest BCUT2D eigenvalue weighted by Gasteiger charge is 2.35. The molecular weight excluding hydrogens is 236 g/mol. The Balaban J connectivity index is 1.54. The minimum Gasteiger partial charge on any atom is -0.351 e. The van der Waals surface area contributed by atoms with Crippen LogP contribution in [0.15, 0.2) is 24.3 Å². The zero-order valence-corrected chi connectivity index (χ0v) is 11.1. The molecular formula is C15H20N4. The van der Waals surface area contributed by atoms with Crippen molar-refractivity contribution < 1.29 is 0 Å². The second-order valence-electron chi connectivity index (χ2n) is 5.74. The lowest BCUT2D eigenvalue weighted by Crippen LogP contribution is -2.41.